The van der Waals surface area contributed by atoms with Crippen molar-refractivity contribution in [2.24, 2.45) is 0 Å². The first-order valence-corrected chi connectivity index (χ1v) is 5.37. The van der Waals surface area contributed by atoms with Gasteiger partial charge in [0.05, 0.1) is 5.02 Å². The van der Waals surface area contributed by atoms with Crippen molar-refractivity contribution in [3.8, 4) is 0 Å². The van der Waals surface area contributed by atoms with Gasteiger partial charge in [-0.05, 0) is 31.9 Å². The lowest BCUT2D eigenvalue weighted by molar-refractivity contribution is 0.477. The molecule has 0 aliphatic rings. The molecule has 0 aliphatic heterocycles. The third kappa shape index (κ3) is 2.88. The van der Waals surface area contributed by atoms with Gasteiger partial charge in [-0.15, -0.1) is 0 Å². The summed E-state index contributed by atoms with van der Waals surface area (Å²) in [6.45, 7) is 6.54. The molecule has 1 N–H and O–H groups in total. The molecule has 0 atom stereocenters. The zero-order chi connectivity index (χ0) is 10.6. The van der Waals surface area contributed by atoms with E-state index >= 15 is 0 Å². The van der Waals surface area contributed by atoms with Gasteiger partial charge >= 0.3 is 0 Å². The molecule has 0 bridgehead atoms. The molecular weight excluding hydrogens is 196 g/mol. The second kappa shape index (κ2) is 4.65. The number of anilines is 1. The van der Waals surface area contributed by atoms with Crippen molar-refractivity contribution in [3.63, 3.8) is 0 Å². The third-order valence-corrected chi connectivity index (χ3v) is 2.94. The maximum absolute atomic E-state index is 5.76. The molecule has 0 amide bonds. The number of halogens is 1. The van der Waals surface area contributed by atoms with Crippen LogP contribution in [-0.4, -0.2) is 10.5 Å². The van der Waals surface area contributed by atoms with Gasteiger partial charge in [-0.25, -0.2) is 4.98 Å². The van der Waals surface area contributed by atoms with Gasteiger partial charge in [-0.3, -0.25) is 0 Å². The summed E-state index contributed by atoms with van der Waals surface area (Å²) in [6, 6.07) is 3.76. The minimum Gasteiger partial charge on any atom is -0.365 e. The zero-order valence-electron chi connectivity index (χ0n) is 8.97. The molecule has 3 heteroatoms. The monoisotopic (exact) mass is 212 g/mol. The van der Waals surface area contributed by atoms with Crippen molar-refractivity contribution in [1.29, 1.82) is 0 Å². The first-order chi connectivity index (χ1) is 6.59. The van der Waals surface area contributed by atoms with Crippen LogP contribution in [-0.2, 0) is 0 Å². The van der Waals surface area contributed by atoms with Crippen molar-refractivity contribution >= 4 is 17.4 Å². The second-order valence-corrected chi connectivity index (χ2v) is 4.19. The van der Waals surface area contributed by atoms with Crippen LogP contribution in [0.2, 0.25) is 5.02 Å². The van der Waals surface area contributed by atoms with E-state index in [-0.39, 0.29) is 5.54 Å². The molecule has 1 aromatic rings. The van der Waals surface area contributed by atoms with Crippen molar-refractivity contribution in [1.82, 2.24) is 4.98 Å². The van der Waals surface area contributed by atoms with Crippen LogP contribution in [0.25, 0.3) is 0 Å². The van der Waals surface area contributed by atoms with E-state index in [1.54, 1.807) is 6.20 Å². The molecule has 0 aliphatic carbocycles. The summed E-state index contributed by atoms with van der Waals surface area (Å²) >= 11 is 5.76. The van der Waals surface area contributed by atoms with Crippen LogP contribution in [0.1, 0.15) is 33.6 Å². The average Bonchev–Trinajstić information content (AvgIpc) is 2.21. The number of hydrogen-bond acceptors (Lipinski definition) is 2. The number of aromatic nitrogens is 1. The predicted molar refractivity (Wildman–Crippen MR) is 61.9 cm³/mol. The molecule has 2 nitrogen and oxygen atoms in total. The Morgan fingerprint density at radius 1 is 1.36 bits per heavy atom. The van der Waals surface area contributed by atoms with Gasteiger partial charge < -0.3 is 5.32 Å². The van der Waals surface area contributed by atoms with E-state index in [4.69, 9.17) is 11.6 Å². The summed E-state index contributed by atoms with van der Waals surface area (Å²) in [4.78, 5) is 4.22. The molecule has 0 spiro atoms. The predicted octanol–water partition coefficient (Wildman–Crippen LogP) is 3.73. The van der Waals surface area contributed by atoms with Gasteiger partial charge in [0.15, 0.2) is 0 Å². The van der Waals surface area contributed by atoms with Crippen LogP contribution >= 0.6 is 11.6 Å². The lowest BCUT2D eigenvalue weighted by Crippen LogP contribution is -2.33. The van der Waals surface area contributed by atoms with Crippen LogP contribution < -0.4 is 5.32 Å². The van der Waals surface area contributed by atoms with Gasteiger partial charge in [-0.2, -0.15) is 0 Å². The zero-order valence-corrected chi connectivity index (χ0v) is 9.73. The van der Waals surface area contributed by atoms with Crippen LogP contribution in [0.5, 0.6) is 0 Å². The molecule has 0 aromatic carbocycles. The lowest BCUT2D eigenvalue weighted by Gasteiger charge is -2.28. The molecule has 78 valence electrons. The maximum Gasteiger partial charge on any atom is 0.126 e. The molecule has 14 heavy (non-hydrogen) atoms. The highest BCUT2D eigenvalue weighted by Gasteiger charge is 2.18. The summed E-state index contributed by atoms with van der Waals surface area (Å²) in [5.74, 6) is 0.889. The maximum atomic E-state index is 5.76. The summed E-state index contributed by atoms with van der Waals surface area (Å²) in [7, 11) is 0. The van der Waals surface area contributed by atoms with E-state index in [0.717, 1.165) is 18.7 Å². The smallest absolute Gasteiger partial charge is 0.126 e. The van der Waals surface area contributed by atoms with E-state index in [2.05, 4.69) is 31.1 Å². The molecule has 1 heterocycles. The van der Waals surface area contributed by atoms with Crippen LogP contribution in [0.3, 0.4) is 0 Å². The fourth-order valence-corrected chi connectivity index (χ4v) is 1.30. The topological polar surface area (TPSA) is 24.9 Å². The van der Waals surface area contributed by atoms with Gasteiger partial charge in [0.1, 0.15) is 5.82 Å². The van der Waals surface area contributed by atoms with Gasteiger partial charge in [-0.1, -0.05) is 25.4 Å². The Bertz CT molecular complexity index is 278. The Kier molecular flexibility index (Phi) is 3.76. The van der Waals surface area contributed by atoms with Gasteiger partial charge in [0.2, 0.25) is 0 Å². The fourth-order valence-electron chi connectivity index (χ4n) is 1.19. The van der Waals surface area contributed by atoms with Crippen molar-refractivity contribution < 1.29 is 0 Å². The molecule has 0 radical (unpaired) electrons. The highest BCUT2D eigenvalue weighted by molar-refractivity contribution is 6.30. The molecule has 1 aromatic heterocycles. The number of nitrogens with one attached hydrogen (secondary N) is 1. The van der Waals surface area contributed by atoms with Crippen LogP contribution in [0.15, 0.2) is 18.3 Å². The Morgan fingerprint density at radius 2 is 2.00 bits per heavy atom. The van der Waals surface area contributed by atoms with E-state index in [9.17, 15) is 0 Å². The Hall–Kier alpha value is -0.760. The largest absolute Gasteiger partial charge is 0.365 e. The summed E-state index contributed by atoms with van der Waals surface area (Å²) in [5.41, 5.74) is 0.126. The lowest BCUT2D eigenvalue weighted by atomic mass is 9.96. The molecule has 0 saturated heterocycles. The number of rotatable bonds is 4. The second-order valence-electron chi connectivity index (χ2n) is 3.75. The Morgan fingerprint density at radius 3 is 2.43 bits per heavy atom. The normalized spacial score (nSPS) is 11.4. The standard InChI is InChI=1S/C11H17ClN2/c1-4-11(3,5-2)14-10-7-6-9(12)8-13-10/h6-8H,4-5H2,1-3H3,(H,13,14). The van der Waals surface area contributed by atoms with E-state index in [1.807, 2.05) is 12.1 Å². The summed E-state index contributed by atoms with van der Waals surface area (Å²) in [5, 5.41) is 4.08. The van der Waals surface area contributed by atoms with E-state index < -0.39 is 0 Å². The first-order valence-electron chi connectivity index (χ1n) is 4.99. The number of hydrogen-bond donors (Lipinski definition) is 1. The molecular formula is C11H17ClN2. The van der Waals surface area contributed by atoms with Crippen molar-refractivity contribution in [2.45, 2.75) is 39.2 Å². The number of nitrogens with zero attached hydrogens (tertiary/aromatic N) is 1. The van der Waals surface area contributed by atoms with Crippen molar-refractivity contribution in [2.75, 3.05) is 5.32 Å². The minimum atomic E-state index is 0.126. The summed E-state index contributed by atoms with van der Waals surface area (Å²) < 4.78 is 0. The fraction of sp³-hybridized carbons (Fsp3) is 0.545. The van der Waals surface area contributed by atoms with E-state index in [1.165, 1.54) is 0 Å². The van der Waals surface area contributed by atoms with Crippen LogP contribution in [0.4, 0.5) is 5.82 Å². The van der Waals surface area contributed by atoms with Crippen LogP contribution in [0, 0.1) is 0 Å². The van der Waals surface area contributed by atoms with Crippen molar-refractivity contribution in [3.05, 3.63) is 23.4 Å². The quantitative estimate of drug-likeness (QED) is 0.823. The first kappa shape index (κ1) is 11.3. The highest BCUT2D eigenvalue weighted by atomic mass is 35.5. The SMILES string of the molecule is CCC(C)(CC)Nc1ccc(Cl)cn1. The Balaban J connectivity index is 2.72. The third-order valence-electron chi connectivity index (χ3n) is 2.72. The minimum absolute atomic E-state index is 0.126. The van der Waals surface area contributed by atoms with Gasteiger partial charge in [0, 0.05) is 11.7 Å². The summed E-state index contributed by atoms with van der Waals surface area (Å²) in [6.07, 6.45) is 3.82. The van der Waals surface area contributed by atoms with E-state index in [0.29, 0.717) is 5.02 Å². The number of pyridine rings is 1. The molecule has 0 saturated carbocycles. The average molecular weight is 213 g/mol. The molecule has 1 rings (SSSR count). The Labute approximate surface area is 90.7 Å². The van der Waals surface area contributed by atoms with Gasteiger partial charge in [0.25, 0.3) is 0 Å². The molecule has 0 fully saturated rings. The highest BCUT2D eigenvalue weighted by Crippen LogP contribution is 2.20. The molecule has 0 unspecified atom stereocenters.